The monoisotopic (exact) mass is 547 g/mol. The Morgan fingerprint density at radius 1 is 1.05 bits per heavy atom. The van der Waals surface area contributed by atoms with E-state index in [-0.39, 0.29) is 50.5 Å². The lowest BCUT2D eigenvalue weighted by Gasteiger charge is -2.29. The highest BCUT2D eigenvalue weighted by Crippen LogP contribution is 2.36. The molecule has 0 saturated carbocycles. The predicted molar refractivity (Wildman–Crippen MR) is 145 cm³/mol. The molecule has 0 bridgehead atoms. The topological polar surface area (TPSA) is 114 Å². The van der Waals surface area contributed by atoms with E-state index >= 15 is 0 Å². The van der Waals surface area contributed by atoms with E-state index in [0.717, 1.165) is 11.8 Å². The first kappa shape index (κ1) is 29.1. The number of sulfonamides is 1. The van der Waals surface area contributed by atoms with E-state index in [1.165, 1.54) is 9.21 Å². The van der Waals surface area contributed by atoms with Crippen molar-refractivity contribution in [1.82, 2.24) is 10.2 Å². The van der Waals surface area contributed by atoms with Crippen molar-refractivity contribution < 1.29 is 32.2 Å². The number of fused-ring (bicyclic) bond motifs is 1. The Labute approximate surface area is 224 Å². The SMILES string of the molecule is COc1ccc(CN(C(=O)CCCN(c2ccc3c(c2)OCO3)S(C)(=O)=O)C(C)C(=O)NCC(C)C)cc1. The number of benzene rings is 2. The van der Waals surface area contributed by atoms with Crippen LogP contribution in [0.15, 0.2) is 42.5 Å². The number of methoxy groups -OCH3 is 1. The first-order chi connectivity index (χ1) is 18.0. The maximum Gasteiger partial charge on any atom is 0.242 e. The van der Waals surface area contributed by atoms with Gasteiger partial charge in [-0.2, -0.15) is 0 Å². The normalized spacial score (nSPS) is 13.2. The lowest BCUT2D eigenvalue weighted by molar-refractivity contribution is -0.140. The number of ether oxygens (including phenoxy) is 3. The lowest BCUT2D eigenvalue weighted by Crippen LogP contribution is -2.48. The molecule has 1 unspecified atom stereocenters. The van der Waals surface area contributed by atoms with Crippen LogP contribution < -0.4 is 23.8 Å². The standard InChI is InChI=1S/C27H37N3O7S/c1-19(2)16-28-27(32)20(3)29(17-21-8-11-23(35-4)12-9-21)26(31)7-6-14-30(38(5,33)34)22-10-13-24-25(15-22)37-18-36-24/h8-13,15,19-20H,6-7,14,16-18H2,1-5H3,(H,28,32). The van der Waals surface area contributed by atoms with Crippen LogP contribution in [0, 0.1) is 5.92 Å². The number of hydrogen-bond acceptors (Lipinski definition) is 7. The first-order valence-corrected chi connectivity index (χ1v) is 14.4. The molecule has 1 aliphatic rings. The van der Waals surface area contributed by atoms with Crippen molar-refractivity contribution in [1.29, 1.82) is 0 Å². The highest BCUT2D eigenvalue weighted by molar-refractivity contribution is 7.92. The molecule has 0 saturated heterocycles. The second-order valence-corrected chi connectivity index (χ2v) is 11.6. The number of nitrogens with zero attached hydrogens (tertiary/aromatic N) is 2. The largest absolute Gasteiger partial charge is 0.497 e. The molecule has 1 heterocycles. The molecule has 0 aliphatic carbocycles. The van der Waals surface area contributed by atoms with Crippen molar-refractivity contribution >= 4 is 27.5 Å². The Hall–Kier alpha value is -3.47. The third-order valence-corrected chi connectivity index (χ3v) is 7.35. The average Bonchev–Trinajstić information content (AvgIpc) is 3.35. The Morgan fingerprint density at radius 2 is 1.74 bits per heavy atom. The van der Waals surface area contributed by atoms with Gasteiger partial charge in [0.05, 0.1) is 19.1 Å². The first-order valence-electron chi connectivity index (χ1n) is 12.6. The summed E-state index contributed by atoms with van der Waals surface area (Å²) in [6.45, 7) is 6.61. The van der Waals surface area contributed by atoms with E-state index < -0.39 is 16.1 Å². The molecule has 0 aromatic heterocycles. The summed E-state index contributed by atoms with van der Waals surface area (Å²) in [5, 5.41) is 2.89. The third kappa shape index (κ3) is 7.77. The molecule has 1 aliphatic heterocycles. The second kappa shape index (κ2) is 12.9. The average molecular weight is 548 g/mol. The van der Waals surface area contributed by atoms with Crippen molar-refractivity contribution in [2.45, 2.75) is 46.2 Å². The molecule has 2 aromatic rings. The minimum Gasteiger partial charge on any atom is -0.497 e. The fourth-order valence-corrected chi connectivity index (χ4v) is 4.96. The van der Waals surface area contributed by atoms with Gasteiger partial charge < -0.3 is 24.4 Å². The van der Waals surface area contributed by atoms with Crippen molar-refractivity contribution in [3.05, 3.63) is 48.0 Å². The molecule has 38 heavy (non-hydrogen) atoms. The van der Waals surface area contributed by atoms with Gasteiger partial charge in [-0.05, 0) is 49.1 Å². The zero-order valence-electron chi connectivity index (χ0n) is 22.6. The van der Waals surface area contributed by atoms with Gasteiger partial charge in [0, 0.05) is 32.1 Å². The summed E-state index contributed by atoms with van der Waals surface area (Å²) in [4.78, 5) is 27.8. The van der Waals surface area contributed by atoms with E-state index in [1.54, 1.807) is 44.4 Å². The van der Waals surface area contributed by atoms with Gasteiger partial charge in [0.2, 0.25) is 28.6 Å². The summed E-state index contributed by atoms with van der Waals surface area (Å²) in [5.74, 6) is 1.51. The van der Waals surface area contributed by atoms with E-state index in [2.05, 4.69) is 5.32 Å². The highest BCUT2D eigenvalue weighted by atomic mass is 32.2. The van der Waals surface area contributed by atoms with Gasteiger partial charge in [-0.25, -0.2) is 8.42 Å². The molecule has 208 valence electrons. The van der Waals surface area contributed by atoms with Crippen LogP contribution in [-0.2, 0) is 26.2 Å². The van der Waals surface area contributed by atoms with Crippen LogP contribution >= 0.6 is 0 Å². The molecule has 2 amide bonds. The minimum absolute atomic E-state index is 0.0640. The van der Waals surface area contributed by atoms with E-state index in [0.29, 0.717) is 29.5 Å². The summed E-state index contributed by atoms with van der Waals surface area (Å²) < 4.78 is 42.3. The summed E-state index contributed by atoms with van der Waals surface area (Å²) in [7, 11) is -2.04. The molecule has 1 atom stereocenters. The molecule has 0 radical (unpaired) electrons. The molecule has 3 rings (SSSR count). The van der Waals surface area contributed by atoms with E-state index in [4.69, 9.17) is 14.2 Å². The number of hydrogen-bond donors (Lipinski definition) is 1. The van der Waals surface area contributed by atoms with Crippen molar-refractivity contribution in [3.8, 4) is 17.2 Å². The highest BCUT2D eigenvalue weighted by Gasteiger charge is 2.27. The Morgan fingerprint density at radius 3 is 2.37 bits per heavy atom. The van der Waals surface area contributed by atoms with Crippen LogP contribution in [0.25, 0.3) is 0 Å². The zero-order valence-corrected chi connectivity index (χ0v) is 23.4. The van der Waals surface area contributed by atoms with Crippen molar-refractivity contribution in [3.63, 3.8) is 0 Å². The van der Waals surface area contributed by atoms with Crippen LogP contribution in [0.2, 0.25) is 0 Å². The van der Waals surface area contributed by atoms with Crippen LogP contribution in [-0.4, -0.2) is 64.4 Å². The summed E-state index contributed by atoms with van der Waals surface area (Å²) >= 11 is 0. The van der Waals surface area contributed by atoms with Gasteiger partial charge in [-0.1, -0.05) is 26.0 Å². The van der Waals surface area contributed by atoms with Gasteiger partial charge in [-0.15, -0.1) is 0 Å². The smallest absolute Gasteiger partial charge is 0.242 e. The molecule has 0 fully saturated rings. The number of rotatable bonds is 13. The Balaban J connectivity index is 1.72. The Bertz CT molecular complexity index is 1220. The second-order valence-electron chi connectivity index (χ2n) is 9.66. The number of anilines is 1. The summed E-state index contributed by atoms with van der Waals surface area (Å²) in [6.07, 6.45) is 1.45. The molecular weight excluding hydrogens is 510 g/mol. The number of nitrogens with one attached hydrogen (secondary N) is 1. The predicted octanol–water partition coefficient (Wildman–Crippen LogP) is 3.16. The molecule has 11 heteroatoms. The zero-order chi connectivity index (χ0) is 27.9. The third-order valence-electron chi connectivity index (χ3n) is 6.16. The van der Waals surface area contributed by atoms with Crippen LogP contribution in [0.5, 0.6) is 17.2 Å². The summed E-state index contributed by atoms with van der Waals surface area (Å²) in [6, 6.07) is 11.5. The molecule has 0 spiro atoms. The Kier molecular flexibility index (Phi) is 9.84. The van der Waals surface area contributed by atoms with Crippen LogP contribution in [0.1, 0.15) is 39.2 Å². The maximum absolute atomic E-state index is 13.4. The number of carbonyl (C=O) groups excluding carboxylic acids is 2. The van der Waals surface area contributed by atoms with Crippen LogP contribution in [0.3, 0.4) is 0 Å². The van der Waals surface area contributed by atoms with Crippen LogP contribution in [0.4, 0.5) is 5.69 Å². The van der Waals surface area contributed by atoms with Gasteiger partial charge >= 0.3 is 0 Å². The fraction of sp³-hybridized carbons (Fsp3) is 0.481. The molecular formula is C27H37N3O7S. The number of amides is 2. The lowest BCUT2D eigenvalue weighted by atomic mass is 10.1. The van der Waals surface area contributed by atoms with Gasteiger partial charge in [0.15, 0.2) is 11.5 Å². The maximum atomic E-state index is 13.4. The van der Waals surface area contributed by atoms with Crippen molar-refractivity contribution in [2.75, 3.05) is 37.6 Å². The molecule has 1 N–H and O–H groups in total. The van der Waals surface area contributed by atoms with Gasteiger partial charge in [0.25, 0.3) is 0 Å². The summed E-state index contributed by atoms with van der Waals surface area (Å²) in [5.41, 5.74) is 1.28. The minimum atomic E-state index is -3.62. The fourth-order valence-electron chi connectivity index (χ4n) is 4.01. The van der Waals surface area contributed by atoms with E-state index in [9.17, 15) is 18.0 Å². The number of carbonyl (C=O) groups is 2. The van der Waals surface area contributed by atoms with Crippen molar-refractivity contribution in [2.24, 2.45) is 5.92 Å². The van der Waals surface area contributed by atoms with Gasteiger partial charge in [0.1, 0.15) is 11.8 Å². The quantitative estimate of drug-likeness (QED) is 0.410. The molecule has 2 aromatic carbocycles. The molecule has 10 nitrogen and oxygen atoms in total. The van der Waals surface area contributed by atoms with Gasteiger partial charge in [-0.3, -0.25) is 13.9 Å². The van der Waals surface area contributed by atoms with E-state index in [1.807, 2.05) is 26.0 Å².